The number of nitrogen functional groups attached to an aromatic ring is 1. The Morgan fingerprint density at radius 2 is 1.95 bits per heavy atom. The van der Waals surface area contributed by atoms with Crippen LogP contribution in [0.5, 0.6) is 5.75 Å². The predicted molar refractivity (Wildman–Crippen MR) is 75.9 cm³/mol. The first-order valence-electron chi connectivity index (χ1n) is 5.89. The molecular formula is C15H15N3O. The van der Waals surface area contributed by atoms with Gasteiger partial charge in [-0.1, -0.05) is 12.1 Å². The van der Waals surface area contributed by atoms with Crippen LogP contribution in [0.15, 0.2) is 42.5 Å². The molecule has 19 heavy (non-hydrogen) atoms. The molecule has 96 valence electrons. The van der Waals surface area contributed by atoms with Crippen molar-refractivity contribution >= 4 is 11.4 Å². The van der Waals surface area contributed by atoms with Gasteiger partial charge in [-0.2, -0.15) is 5.26 Å². The summed E-state index contributed by atoms with van der Waals surface area (Å²) in [5.41, 5.74) is 8.78. The van der Waals surface area contributed by atoms with Crippen LogP contribution in [0.3, 0.4) is 0 Å². The Morgan fingerprint density at radius 3 is 2.53 bits per heavy atom. The first kappa shape index (κ1) is 12.8. The zero-order chi connectivity index (χ0) is 13.7. The van der Waals surface area contributed by atoms with Crippen LogP contribution >= 0.6 is 0 Å². The van der Waals surface area contributed by atoms with Gasteiger partial charge in [-0.05, 0) is 35.9 Å². The van der Waals surface area contributed by atoms with Gasteiger partial charge >= 0.3 is 0 Å². The standard InChI is InChI=1S/C15H15N3O/c1-19-14-6-2-11(3-7-14)10-18-13-5-4-12(9-16)15(17)8-13/h2-8,18H,10,17H2,1H3. The minimum Gasteiger partial charge on any atom is -0.497 e. The third-order valence-electron chi connectivity index (χ3n) is 2.83. The molecule has 0 aromatic heterocycles. The maximum Gasteiger partial charge on any atom is 0.118 e. The third kappa shape index (κ3) is 3.17. The number of hydrogen-bond acceptors (Lipinski definition) is 4. The molecule has 0 amide bonds. The molecule has 0 heterocycles. The normalized spacial score (nSPS) is 9.68. The lowest BCUT2D eigenvalue weighted by Gasteiger charge is -2.08. The lowest BCUT2D eigenvalue weighted by atomic mass is 10.1. The fourth-order valence-electron chi connectivity index (χ4n) is 1.72. The van der Waals surface area contributed by atoms with Gasteiger partial charge in [-0.25, -0.2) is 0 Å². The Labute approximate surface area is 112 Å². The van der Waals surface area contributed by atoms with Crippen molar-refractivity contribution in [3.8, 4) is 11.8 Å². The van der Waals surface area contributed by atoms with Crippen LogP contribution in [-0.2, 0) is 6.54 Å². The molecule has 0 aliphatic carbocycles. The average Bonchev–Trinajstić information content (AvgIpc) is 2.46. The van der Waals surface area contributed by atoms with E-state index in [1.165, 1.54) is 0 Å². The summed E-state index contributed by atoms with van der Waals surface area (Å²) in [5.74, 6) is 0.839. The first-order chi connectivity index (χ1) is 9.22. The predicted octanol–water partition coefficient (Wildman–Crippen LogP) is 2.76. The first-order valence-corrected chi connectivity index (χ1v) is 5.89. The van der Waals surface area contributed by atoms with Crippen LogP contribution < -0.4 is 15.8 Å². The number of benzene rings is 2. The molecule has 2 aromatic rings. The van der Waals surface area contributed by atoms with E-state index in [0.717, 1.165) is 17.0 Å². The lowest BCUT2D eigenvalue weighted by Crippen LogP contribution is -2.00. The average molecular weight is 253 g/mol. The highest BCUT2D eigenvalue weighted by molar-refractivity contribution is 5.62. The number of nitriles is 1. The summed E-state index contributed by atoms with van der Waals surface area (Å²) < 4.78 is 5.11. The quantitative estimate of drug-likeness (QED) is 0.822. The molecular weight excluding hydrogens is 238 g/mol. The van der Waals surface area contributed by atoms with E-state index in [2.05, 4.69) is 5.32 Å². The van der Waals surface area contributed by atoms with Crippen LogP contribution in [0.2, 0.25) is 0 Å². The van der Waals surface area contributed by atoms with Crippen molar-refractivity contribution in [2.45, 2.75) is 6.54 Å². The van der Waals surface area contributed by atoms with Crippen molar-refractivity contribution in [3.05, 3.63) is 53.6 Å². The van der Waals surface area contributed by atoms with E-state index in [0.29, 0.717) is 17.8 Å². The Hall–Kier alpha value is -2.67. The molecule has 0 bridgehead atoms. The van der Waals surface area contributed by atoms with Crippen LogP contribution in [-0.4, -0.2) is 7.11 Å². The Balaban J connectivity index is 2.02. The van der Waals surface area contributed by atoms with E-state index in [9.17, 15) is 0 Å². The van der Waals surface area contributed by atoms with Crippen LogP contribution in [0.25, 0.3) is 0 Å². The molecule has 0 aliphatic heterocycles. The topological polar surface area (TPSA) is 71.1 Å². The molecule has 4 heteroatoms. The Bertz CT molecular complexity index is 600. The number of anilines is 2. The number of methoxy groups -OCH3 is 1. The second-order valence-corrected chi connectivity index (χ2v) is 4.12. The smallest absolute Gasteiger partial charge is 0.118 e. The molecule has 0 fully saturated rings. The summed E-state index contributed by atoms with van der Waals surface area (Å²) in [6, 6.07) is 15.2. The highest BCUT2D eigenvalue weighted by Gasteiger charge is 2.00. The number of rotatable bonds is 4. The van der Waals surface area contributed by atoms with Crippen molar-refractivity contribution in [1.29, 1.82) is 5.26 Å². The van der Waals surface area contributed by atoms with E-state index >= 15 is 0 Å². The van der Waals surface area contributed by atoms with Crippen molar-refractivity contribution in [3.63, 3.8) is 0 Å². The van der Waals surface area contributed by atoms with Crippen LogP contribution in [0, 0.1) is 11.3 Å². The maximum atomic E-state index is 8.80. The van der Waals surface area contributed by atoms with Gasteiger partial charge in [0, 0.05) is 12.2 Å². The largest absolute Gasteiger partial charge is 0.497 e. The molecule has 0 saturated carbocycles. The number of nitrogens with two attached hydrogens (primary N) is 1. The fourth-order valence-corrected chi connectivity index (χ4v) is 1.72. The summed E-state index contributed by atoms with van der Waals surface area (Å²) in [5, 5.41) is 12.1. The number of nitrogens with zero attached hydrogens (tertiary/aromatic N) is 1. The van der Waals surface area contributed by atoms with Gasteiger partial charge in [0.1, 0.15) is 11.8 Å². The molecule has 0 unspecified atom stereocenters. The van der Waals surface area contributed by atoms with Gasteiger partial charge in [-0.15, -0.1) is 0 Å². The summed E-state index contributed by atoms with van der Waals surface area (Å²) in [4.78, 5) is 0. The summed E-state index contributed by atoms with van der Waals surface area (Å²) in [6.07, 6.45) is 0. The molecule has 2 aromatic carbocycles. The van der Waals surface area contributed by atoms with Crippen molar-refractivity contribution in [1.82, 2.24) is 0 Å². The minimum absolute atomic E-state index is 0.488. The zero-order valence-corrected chi connectivity index (χ0v) is 10.7. The zero-order valence-electron chi connectivity index (χ0n) is 10.7. The van der Waals surface area contributed by atoms with Crippen LogP contribution in [0.1, 0.15) is 11.1 Å². The third-order valence-corrected chi connectivity index (χ3v) is 2.83. The highest BCUT2D eigenvalue weighted by atomic mass is 16.5. The van der Waals surface area contributed by atoms with E-state index < -0.39 is 0 Å². The second-order valence-electron chi connectivity index (χ2n) is 4.12. The van der Waals surface area contributed by atoms with Gasteiger partial charge in [-0.3, -0.25) is 0 Å². The molecule has 0 radical (unpaired) electrons. The Kier molecular flexibility index (Phi) is 3.89. The van der Waals surface area contributed by atoms with E-state index in [1.807, 2.05) is 36.4 Å². The fraction of sp³-hybridized carbons (Fsp3) is 0.133. The molecule has 0 saturated heterocycles. The summed E-state index contributed by atoms with van der Waals surface area (Å²) >= 11 is 0. The van der Waals surface area contributed by atoms with Crippen molar-refractivity contribution in [2.75, 3.05) is 18.2 Å². The maximum absolute atomic E-state index is 8.80. The molecule has 2 rings (SSSR count). The van der Waals surface area contributed by atoms with Gasteiger partial charge < -0.3 is 15.8 Å². The number of ether oxygens (including phenoxy) is 1. The van der Waals surface area contributed by atoms with Gasteiger partial charge in [0.25, 0.3) is 0 Å². The summed E-state index contributed by atoms with van der Waals surface area (Å²) in [6.45, 7) is 0.690. The number of hydrogen-bond donors (Lipinski definition) is 2. The Morgan fingerprint density at radius 1 is 1.21 bits per heavy atom. The van der Waals surface area contributed by atoms with Crippen molar-refractivity contribution in [2.24, 2.45) is 0 Å². The molecule has 0 aliphatic rings. The molecule has 0 atom stereocenters. The minimum atomic E-state index is 0.488. The summed E-state index contributed by atoms with van der Waals surface area (Å²) in [7, 11) is 1.65. The second kappa shape index (κ2) is 5.78. The SMILES string of the molecule is COc1ccc(CNc2ccc(C#N)c(N)c2)cc1. The monoisotopic (exact) mass is 253 g/mol. The van der Waals surface area contributed by atoms with Gasteiger partial charge in [0.2, 0.25) is 0 Å². The number of nitrogens with one attached hydrogen (secondary N) is 1. The van der Waals surface area contributed by atoms with E-state index in [4.69, 9.17) is 15.7 Å². The van der Waals surface area contributed by atoms with Crippen molar-refractivity contribution < 1.29 is 4.74 Å². The van der Waals surface area contributed by atoms with Gasteiger partial charge in [0.05, 0.1) is 18.4 Å². The van der Waals surface area contributed by atoms with E-state index in [-0.39, 0.29) is 0 Å². The van der Waals surface area contributed by atoms with Crippen LogP contribution in [0.4, 0.5) is 11.4 Å². The lowest BCUT2D eigenvalue weighted by molar-refractivity contribution is 0.414. The molecule has 0 spiro atoms. The highest BCUT2D eigenvalue weighted by Crippen LogP contribution is 2.18. The molecule has 4 nitrogen and oxygen atoms in total. The van der Waals surface area contributed by atoms with Gasteiger partial charge in [0.15, 0.2) is 0 Å². The molecule has 3 N–H and O–H groups in total. The van der Waals surface area contributed by atoms with E-state index in [1.54, 1.807) is 19.2 Å².